The molecule has 1 aliphatic heterocycles. The van der Waals surface area contributed by atoms with E-state index in [0.29, 0.717) is 27.8 Å². The molecular formula is C30H31N5O5S2. The molecule has 1 saturated heterocycles. The second kappa shape index (κ2) is 11.5. The average Bonchev–Trinajstić information content (AvgIpc) is 3.47. The number of pyridine rings is 1. The Kier molecular flexibility index (Phi) is 7.93. The second-order valence-corrected chi connectivity index (χ2v) is 12.1. The molecule has 12 heteroatoms. The molecule has 2 aromatic heterocycles. The number of ether oxygens (including phenoxy) is 2. The first-order valence-corrected chi connectivity index (χ1v) is 15.4. The fourth-order valence-corrected chi connectivity index (χ4v) is 6.35. The van der Waals surface area contributed by atoms with Crippen LogP contribution in [-0.2, 0) is 14.8 Å². The van der Waals surface area contributed by atoms with Crippen molar-refractivity contribution in [1.29, 1.82) is 0 Å². The maximum atomic E-state index is 12.3. The number of sulfonamides is 1. The van der Waals surface area contributed by atoms with Crippen LogP contribution in [0.2, 0.25) is 0 Å². The van der Waals surface area contributed by atoms with Gasteiger partial charge in [-0.25, -0.2) is 13.2 Å². The molecule has 42 heavy (non-hydrogen) atoms. The second-order valence-electron chi connectivity index (χ2n) is 9.96. The maximum absolute atomic E-state index is 12.3. The molecule has 2 atom stereocenters. The molecule has 0 bridgehead atoms. The van der Waals surface area contributed by atoms with Gasteiger partial charge in [-0.15, -0.1) is 0 Å². The number of carbonyl (C=O) groups excluding carboxylic acids is 1. The predicted molar refractivity (Wildman–Crippen MR) is 166 cm³/mol. The van der Waals surface area contributed by atoms with Crippen molar-refractivity contribution >= 4 is 44.7 Å². The van der Waals surface area contributed by atoms with Gasteiger partial charge in [-0.05, 0) is 80.2 Å². The molecule has 0 aliphatic carbocycles. The van der Waals surface area contributed by atoms with Crippen LogP contribution in [0.4, 0.5) is 11.4 Å². The number of benzene rings is 2. The molecule has 0 spiro atoms. The SMILES string of the molecule is COC(=O)c1cccc(-n2c(C)cc([C@@H]3[C@H](c4ccccn4)NC(=S)N3c3ccc(NS(C)(=O)=O)c(OC)c3)c2C)c1. The fourth-order valence-electron chi connectivity index (χ4n) is 5.44. The van der Waals surface area contributed by atoms with E-state index in [4.69, 9.17) is 21.7 Å². The summed E-state index contributed by atoms with van der Waals surface area (Å²) in [5, 5.41) is 3.94. The van der Waals surface area contributed by atoms with E-state index in [1.165, 1.54) is 14.2 Å². The number of nitrogens with one attached hydrogen (secondary N) is 2. The minimum atomic E-state index is -3.52. The number of aromatic nitrogens is 2. The number of anilines is 2. The van der Waals surface area contributed by atoms with E-state index in [2.05, 4.69) is 25.7 Å². The minimum absolute atomic E-state index is 0.297. The van der Waals surface area contributed by atoms with Gasteiger partial charge in [0.05, 0.1) is 49.5 Å². The summed E-state index contributed by atoms with van der Waals surface area (Å²) in [6.45, 7) is 4.04. The largest absolute Gasteiger partial charge is 0.494 e. The van der Waals surface area contributed by atoms with Crippen LogP contribution in [0, 0.1) is 13.8 Å². The van der Waals surface area contributed by atoms with Crippen molar-refractivity contribution in [2.45, 2.75) is 25.9 Å². The van der Waals surface area contributed by atoms with Crippen molar-refractivity contribution in [2.24, 2.45) is 0 Å². The summed E-state index contributed by atoms with van der Waals surface area (Å²) in [6.07, 6.45) is 2.83. The van der Waals surface area contributed by atoms with Crippen molar-refractivity contribution < 1.29 is 22.7 Å². The van der Waals surface area contributed by atoms with Gasteiger partial charge in [-0.2, -0.15) is 0 Å². The van der Waals surface area contributed by atoms with E-state index in [0.717, 1.165) is 34.6 Å². The van der Waals surface area contributed by atoms with Gasteiger partial charge < -0.3 is 24.3 Å². The Balaban J connectivity index is 1.66. The van der Waals surface area contributed by atoms with Crippen LogP contribution in [0.5, 0.6) is 5.75 Å². The number of rotatable bonds is 8. The van der Waals surface area contributed by atoms with E-state index in [-0.39, 0.29) is 12.1 Å². The molecule has 5 rings (SSSR count). The first-order valence-electron chi connectivity index (χ1n) is 13.1. The molecule has 2 aromatic carbocycles. The van der Waals surface area contributed by atoms with Crippen molar-refractivity contribution in [2.75, 3.05) is 30.1 Å². The normalized spacial score (nSPS) is 16.7. The molecule has 0 unspecified atom stereocenters. The lowest BCUT2D eigenvalue weighted by Crippen LogP contribution is -2.29. The van der Waals surface area contributed by atoms with Gasteiger partial charge in [0.2, 0.25) is 10.0 Å². The summed E-state index contributed by atoms with van der Waals surface area (Å²) in [7, 11) is -0.672. The zero-order chi connectivity index (χ0) is 30.2. The van der Waals surface area contributed by atoms with Crippen molar-refractivity contribution in [3.8, 4) is 11.4 Å². The quantitative estimate of drug-likeness (QED) is 0.215. The predicted octanol–water partition coefficient (Wildman–Crippen LogP) is 4.83. The Morgan fingerprint density at radius 2 is 1.81 bits per heavy atom. The number of thiocarbonyl (C=S) groups is 1. The van der Waals surface area contributed by atoms with Gasteiger partial charge in [0.25, 0.3) is 0 Å². The number of aryl methyl sites for hydroxylation is 1. The van der Waals surface area contributed by atoms with E-state index in [9.17, 15) is 13.2 Å². The maximum Gasteiger partial charge on any atom is 0.337 e. The third kappa shape index (κ3) is 5.55. The standard InChI is InChI=1S/C30H31N5O5S2/c1-18-15-23(19(2)34(18)21-10-8-9-20(16-21)29(36)40-4)28-27(25-11-6-7-14-31-25)32-30(41)35(28)22-12-13-24(26(17-22)39-3)33-42(5,37)38/h6-17,27-28,33H,1-5H3,(H,32,41)/t27-,28+/m0/s1. The summed E-state index contributed by atoms with van der Waals surface area (Å²) in [5.41, 5.74) is 6.05. The summed E-state index contributed by atoms with van der Waals surface area (Å²) < 4.78 is 38.9. The lowest BCUT2D eigenvalue weighted by molar-refractivity contribution is 0.0600. The Hall–Kier alpha value is -4.42. The van der Waals surface area contributed by atoms with Gasteiger partial charge >= 0.3 is 5.97 Å². The van der Waals surface area contributed by atoms with Crippen LogP contribution in [0.1, 0.15) is 45.1 Å². The van der Waals surface area contributed by atoms with Crippen LogP contribution >= 0.6 is 12.2 Å². The smallest absolute Gasteiger partial charge is 0.337 e. The summed E-state index contributed by atoms with van der Waals surface area (Å²) in [5.74, 6) is -0.0557. The van der Waals surface area contributed by atoms with Gasteiger partial charge in [0.1, 0.15) is 5.75 Å². The molecule has 0 radical (unpaired) electrons. The number of hydrogen-bond acceptors (Lipinski definition) is 7. The van der Waals surface area contributed by atoms with Gasteiger partial charge in [-0.3, -0.25) is 9.71 Å². The van der Waals surface area contributed by atoms with Crippen LogP contribution in [-0.4, -0.2) is 49.5 Å². The topological polar surface area (TPSA) is 115 Å². The molecule has 218 valence electrons. The van der Waals surface area contributed by atoms with Crippen LogP contribution < -0.4 is 19.7 Å². The average molecular weight is 606 g/mol. The van der Waals surface area contributed by atoms with Gasteiger partial charge in [0, 0.05) is 35.0 Å². The molecule has 0 saturated carbocycles. The zero-order valence-electron chi connectivity index (χ0n) is 23.8. The third-order valence-electron chi connectivity index (χ3n) is 7.17. The Bertz CT molecular complexity index is 1770. The fraction of sp³-hybridized carbons (Fsp3) is 0.233. The molecular weight excluding hydrogens is 574 g/mol. The highest BCUT2D eigenvalue weighted by Gasteiger charge is 2.42. The minimum Gasteiger partial charge on any atom is -0.494 e. The van der Waals surface area contributed by atoms with Crippen LogP contribution in [0.15, 0.2) is 72.9 Å². The number of hydrogen-bond donors (Lipinski definition) is 2. The molecule has 4 aromatic rings. The van der Waals surface area contributed by atoms with Gasteiger partial charge in [0.15, 0.2) is 5.11 Å². The summed E-state index contributed by atoms with van der Waals surface area (Å²) in [4.78, 5) is 18.9. The number of carbonyl (C=O) groups is 1. The Labute approximate surface area is 250 Å². The first-order chi connectivity index (χ1) is 20.0. The first kappa shape index (κ1) is 29.1. The zero-order valence-corrected chi connectivity index (χ0v) is 25.4. The molecule has 0 amide bonds. The van der Waals surface area contributed by atoms with E-state index in [1.54, 1.807) is 36.5 Å². The van der Waals surface area contributed by atoms with E-state index >= 15 is 0 Å². The van der Waals surface area contributed by atoms with E-state index < -0.39 is 16.0 Å². The monoisotopic (exact) mass is 605 g/mol. The summed E-state index contributed by atoms with van der Waals surface area (Å²) in [6, 6.07) is 19.8. The van der Waals surface area contributed by atoms with Crippen molar-refractivity contribution in [1.82, 2.24) is 14.9 Å². The highest BCUT2D eigenvalue weighted by atomic mass is 32.2. The number of nitrogens with zero attached hydrogens (tertiary/aromatic N) is 3. The highest BCUT2D eigenvalue weighted by Crippen LogP contribution is 2.45. The Morgan fingerprint density at radius 1 is 1.02 bits per heavy atom. The lowest BCUT2D eigenvalue weighted by atomic mass is 9.96. The van der Waals surface area contributed by atoms with Gasteiger partial charge in [-0.1, -0.05) is 12.1 Å². The number of methoxy groups -OCH3 is 2. The summed E-state index contributed by atoms with van der Waals surface area (Å²) >= 11 is 5.89. The van der Waals surface area contributed by atoms with E-state index in [1.807, 2.05) is 49.1 Å². The van der Waals surface area contributed by atoms with Crippen LogP contribution in [0.3, 0.4) is 0 Å². The van der Waals surface area contributed by atoms with Crippen LogP contribution in [0.25, 0.3) is 5.69 Å². The molecule has 10 nitrogen and oxygen atoms in total. The lowest BCUT2D eigenvalue weighted by Gasteiger charge is -2.29. The molecule has 1 aliphatic rings. The third-order valence-corrected chi connectivity index (χ3v) is 8.08. The Morgan fingerprint density at radius 3 is 2.48 bits per heavy atom. The highest BCUT2D eigenvalue weighted by molar-refractivity contribution is 7.92. The molecule has 1 fully saturated rings. The van der Waals surface area contributed by atoms with Crippen molar-refractivity contribution in [3.63, 3.8) is 0 Å². The molecule has 2 N–H and O–H groups in total. The molecule has 3 heterocycles. The van der Waals surface area contributed by atoms with Crippen molar-refractivity contribution in [3.05, 3.63) is 101 Å². The number of esters is 1.